The van der Waals surface area contributed by atoms with Gasteiger partial charge in [-0.3, -0.25) is 14.9 Å². The topological polar surface area (TPSA) is 108 Å². The molecule has 1 fully saturated rings. The molecule has 0 radical (unpaired) electrons. The van der Waals surface area contributed by atoms with Gasteiger partial charge >= 0.3 is 0 Å². The van der Waals surface area contributed by atoms with Gasteiger partial charge in [0, 0.05) is 32.4 Å². The van der Waals surface area contributed by atoms with Crippen molar-refractivity contribution < 1.29 is 13.2 Å². The van der Waals surface area contributed by atoms with E-state index in [9.17, 15) is 13.2 Å². The van der Waals surface area contributed by atoms with E-state index in [0.717, 1.165) is 18.4 Å². The smallest absolute Gasteiger partial charge is 0.246 e. The van der Waals surface area contributed by atoms with Crippen LogP contribution in [0, 0.1) is 0 Å². The van der Waals surface area contributed by atoms with E-state index in [0.29, 0.717) is 18.8 Å². The molecule has 8 nitrogen and oxygen atoms in total. The Morgan fingerprint density at radius 3 is 2.88 bits per heavy atom. The molecule has 1 amide bonds. The van der Waals surface area contributed by atoms with Gasteiger partial charge in [-0.15, -0.1) is 0 Å². The fraction of sp³-hybridized carbons (Fsp3) is 0.400. The number of aromatic nitrogens is 3. The van der Waals surface area contributed by atoms with Gasteiger partial charge in [-0.05, 0) is 24.5 Å². The Hall–Kier alpha value is -2.26. The average molecular weight is 349 g/mol. The number of amides is 1. The van der Waals surface area contributed by atoms with Gasteiger partial charge in [-0.2, -0.15) is 9.40 Å². The molecule has 1 saturated heterocycles. The lowest BCUT2D eigenvalue weighted by Crippen LogP contribution is -2.31. The van der Waals surface area contributed by atoms with E-state index in [1.165, 1.54) is 23.6 Å². The molecule has 1 atom stereocenters. The quantitative estimate of drug-likeness (QED) is 0.836. The van der Waals surface area contributed by atoms with E-state index < -0.39 is 10.0 Å². The minimum atomic E-state index is -3.58. The first-order valence-corrected chi connectivity index (χ1v) is 9.12. The summed E-state index contributed by atoms with van der Waals surface area (Å²) in [5, 5.41) is 8.97. The van der Waals surface area contributed by atoms with Gasteiger partial charge in [0.15, 0.2) is 0 Å². The number of hydrogen-bond donors (Lipinski definition) is 2. The average Bonchev–Trinajstić information content (AvgIpc) is 3.25. The number of nitrogens with zero attached hydrogens (tertiary/aromatic N) is 3. The lowest BCUT2D eigenvalue weighted by atomic mass is 10.1. The Morgan fingerprint density at radius 1 is 1.42 bits per heavy atom. The van der Waals surface area contributed by atoms with E-state index in [4.69, 9.17) is 0 Å². The Labute approximate surface area is 140 Å². The Kier molecular flexibility index (Phi) is 4.63. The first kappa shape index (κ1) is 16.6. The molecule has 0 bridgehead atoms. The number of carbonyl (C=O) groups is 1. The summed E-state index contributed by atoms with van der Waals surface area (Å²) in [6.45, 7) is 2.33. The van der Waals surface area contributed by atoms with Crippen LogP contribution in [0.3, 0.4) is 0 Å². The zero-order valence-corrected chi connectivity index (χ0v) is 14.1. The van der Waals surface area contributed by atoms with Crippen LogP contribution in [0.15, 0.2) is 35.6 Å². The maximum atomic E-state index is 12.7. The third-order valence-corrected chi connectivity index (χ3v) is 5.89. The highest BCUT2D eigenvalue weighted by Crippen LogP contribution is 2.35. The number of hydrogen-bond acceptors (Lipinski definition) is 5. The maximum absolute atomic E-state index is 12.7. The van der Waals surface area contributed by atoms with Gasteiger partial charge in [0.05, 0.1) is 17.9 Å². The lowest BCUT2D eigenvalue weighted by molar-refractivity contribution is -0.119. The number of carbonyl (C=O) groups excluding carboxylic acids is 1. The summed E-state index contributed by atoms with van der Waals surface area (Å²) in [6, 6.07) is 3.41. The van der Waals surface area contributed by atoms with Crippen LogP contribution in [0.4, 0.5) is 0 Å². The molecule has 3 rings (SSSR count). The molecule has 9 heteroatoms. The van der Waals surface area contributed by atoms with E-state index in [2.05, 4.69) is 20.5 Å². The second-order valence-electron chi connectivity index (χ2n) is 5.71. The number of nitrogens with one attached hydrogen (secondary N) is 2. The molecule has 1 aliphatic heterocycles. The third-order valence-electron chi connectivity index (χ3n) is 4.01. The fourth-order valence-corrected chi connectivity index (χ4v) is 4.38. The predicted octanol–water partition coefficient (Wildman–Crippen LogP) is 0.967. The summed E-state index contributed by atoms with van der Waals surface area (Å²) in [7, 11) is -3.58. The molecular weight excluding hydrogens is 330 g/mol. The molecule has 0 spiro atoms. The molecule has 2 aromatic heterocycles. The highest BCUT2D eigenvalue weighted by atomic mass is 32.2. The van der Waals surface area contributed by atoms with Crippen molar-refractivity contribution in [1.82, 2.24) is 24.8 Å². The van der Waals surface area contributed by atoms with Crippen molar-refractivity contribution in [1.29, 1.82) is 0 Å². The third kappa shape index (κ3) is 3.31. The fourth-order valence-electron chi connectivity index (χ4n) is 2.80. The van der Waals surface area contributed by atoms with Crippen molar-refractivity contribution in [2.45, 2.75) is 37.2 Å². The van der Waals surface area contributed by atoms with Crippen LogP contribution >= 0.6 is 0 Å². The van der Waals surface area contributed by atoms with Gasteiger partial charge in [0.1, 0.15) is 4.90 Å². The minimum Gasteiger partial charge on any atom is -0.352 e. The van der Waals surface area contributed by atoms with Crippen molar-refractivity contribution >= 4 is 15.9 Å². The molecule has 3 heterocycles. The van der Waals surface area contributed by atoms with Gasteiger partial charge in [0.25, 0.3) is 0 Å². The number of rotatable bonds is 5. The van der Waals surface area contributed by atoms with Crippen molar-refractivity contribution in [3.63, 3.8) is 0 Å². The minimum absolute atomic E-state index is 0.104. The van der Waals surface area contributed by atoms with Crippen molar-refractivity contribution in [3.05, 3.63) is 42.0 Å². The number of aromatic amines is 1. The zero-order chi connectivity index (χ0) is 17.2. The Bertz CT molecular complexity index is 802. The van der Waals surface area contributed by atoms with Crippen LogP contribution in [0.25, 0.3) is 0 Å². The van der Waals surface area contributed by atoms with Crippen LogP contribution in [-0.2, 0) is 21.4 Å². The Morgan fingerprint density at radius 2 is 2.25 bits per heavy atom. The van der Waals surface area contributed by atoms with E-state index in [1.807, 2.05) is 12.1 Å². The number of H-pyrrole nitrogens is 1. The van der Waals surface area contributed by atoms with Gasteiger partial charge in [-0.25, -0.2) is 8.42 Å². The van der Waals surface area contributed by atoms with E-state index in [1.54, 1.807) is 6.20 Å². The highest BCUT2D eigenvalue weighted by molar-refractivity contribution is 7.89. The number of pyridine rings is 1. The second-order valence-corrected chi connectivity index (χ2v) is 7.60. The van der Waals surface area contributed by atoms with Crippen molar-refractivity contribution in [2.24, 2.45) is 0 Å². The molecule has 0 aliphatic carbocycles. The first-order chi connectivity index (χ1) is 11.5. The molecule has 0 aromatic carbocycles. The molecule has 0 unspecified atom stereocenters. The monoisotopic (exact) mass is 349 g/mol. The molecule has 128 valence electrons. The van der Waals surface area contributed by atoms with Gasteiger partial charge < -0.3 is 5.32 Å². The summed E-state index contributed by atoms with van der Waals surface area (Å²) in [5.74, 6) is -0.104. The summed E-state index contributed by atoms with van der Waals surface area (Å²) in [5.41, 5.74) is 1.59. The molecule has 1 aliphatic rings. The molecule has 0 saturated carbocycles. The highest BCUT2D eigenvalue weighted by Gasteiger charge is 2.37. The van der Waals surface area contributed by atoms with Gasteiger partial charge in [0.2, 0.25) is 15.9 Å². The van der Waals surface area contributed by atoms with Crippen molar-refractivity contribution in [3.8, 4) is 0 Å². The summed E-state index contributed by atoms with van der Waals surface area (Å²) in [6.07, 6.45) is 5.89. The largest absolute Gasteiger partial charge is 0.352 e. The first-order valence-electron chi connectivity index (χ1n) is 7.68. The predicted molar refractivity (Wildman–Crippen MR) is 86.2 cm³/mol. The molecule has 2 aromatic rings. The summed E-state index contributed by atoms with van der Waals surface area (Å²) < 4.78 is 26.9. The van der Waals surface area contributed by atoms with Crippen LogP contribution in [0.2, 0.25) is 0 Å². The molecular formula is C15H19N5O3S. The maximum Gasteiger partial charge on any atom is 0.246 e. The molecule has 2 N–H and O–H groups in total. The van der Waals surface area contributed by atoms with Gasteiger partial charge in [-0.1, -0.05) is 6.07 Å². The van der Waals surface area contributed by atoms with Crippen LogP contribution in [-0.4, -0.2) is 40.4 Å². The number of sulfonamides is 1. The normalized spacial score (nSPS) is 18.6. The standard InChI is InChI=1S/C15H19N5O3S/c1-11(21)16-7-12-4-5-14(17-8-12)15-3-2-6-20(15)24(22,23)13-9-18-19-10-13/h4-5,8-10,15H,2-3,6-7H2,1H3,(H,16,21)(H,18,19)/t15-/m1/s1. The lowest BCUT2D eigenvalue weighted by Gasteiger charge is -2.23. The summed E-state index contributed by atoms with van der Waals surface area (Å²) in [4.78, 5) is 15.5. The summed E-state index contributed by atoms with van der Waals surface area (Å²) >= 11 is 0. The molecule has 24 heavy (non-hydrogen) atoms. The van der Waals surface area contributed by atoms with Crippen LogP contribution in [0.5, 0.6) is 0 Å². The second kappa shape index (κ2) is 6.70. The van der Waals surface area contributed by atoms with E-state index in [-0.39, 0.29) is 16.8 Å². The Balaban J connectivity index is 1.79. The zero-order valence-electron chi connectivity index (χ0n) is 13.3. The van der Waals surface area contributed by atoms with E-state index >= 15 is 0 Å². The SMILES string of the molecule is CC(=O)NCc1ccc([C@H]2CCCN2S(=O)(=O)c2cn[nH]c2)nc1. The van der Waals surface area contributed by atoms with Crippen LogP contribution < -0.4 is 5.32 Å². The van der Waals surface area contributed by atoms with Crippen LogP contribution in [0.1, 0.15) is 37.1 Å². The van der Waals surface area contributed by atoms with Crippen molar-refractivity contribution in [2.75, 3.05) is 6.54 Å².